The van der Waals surface area contributed by atoms with Crippen LogP contribution in [0.5, 0.6) is 0 Å². The highest BCUT2D eigenvalue weighted by atomic mass is 19.4. The third kappa shape index (κ3) is 1.99. The second kappa shape index (κ2) is 3.75. The predicted octanol–water partition coefficient (Wildman–Crippen LogP) is 2.71. The molecule has 0 saturated carbocycles. The van der Waals surface area contributed by atoms with Crippen molar-refractivity contribution in [1.82, 2.24) is 4.98 Å². The Bertz CT molecular complexity index is 520. The molecule has 0 spiro atoms. The third-order valence-corrected chi connectivity index (χ3v) is 2.28. The Morgan fingerprint density at radius 2 is 1.88 bits per heavy atom. The molecule has 1 heterocycles. The Kier molecular flexibility index (Phi) is 2.55. The normalized spacial score (nSPS) is 12.0. The second-order valence-corrected chi connectivity index (χ2v) is 3.43. The van der Waals surface area contributed by atoms with Gasteiger partial charge in [0.05, 0.1) is 5.52 Å². The van der Waals surface area contributed by atoms with Gasteiger partial charge in [-0.2, -0.15) is 13.2 Å². The molecule has 2 rings (SSSR count). The summed E-state index contributed by atoms with van der Waals surface area (Å²) in [6, 6.07) is 7.34. The first-order valence-electron chi connectivity index (χ1n) is 4.67. The Labute approximate surface area is 89.9 Å². The van der Waals surface area contributed by atoms with E-state index in [-0.39, 0.29) is 0 Å². The smallest absolute Gasteiger partial charge is 0.326 e. The molecule has 0 aliphatic heterocycles. The first kappa shape index (κ1) is 10.9. The van der Waals surface area contributed by atoms with E-state index in [0.717, 1.165) is 11.6 Å². The number of hydrogen-bond acceptors (Lipinski definition) is 2. The summed E-state index contributed by atoms with van der Waals surface area (Å²) >= 11 is 0. The van der Waals surface area contributed by atoms with Gasteiger partial charge in [-0.1, -0.05) is 12.1 Å². The maximum absolute atomic E-state index is 12.4. The molecule has 0 aliphatic rings. The zero-order valence-electron chi connectivity index (χ0n) is 8.25. The maximum atomic E-state index is 12.4. The molecule has 5 heteroatoms. The standard InChI is InChI=1S/C11H9F3N2/c12-11(13,14)10-4-2-8-5-7(6-15)1-3-9(8)16-10/h1-5H,6,15H2. The number of aromatic nitrogens is 1. The molecule has 2 nitrogen and oxygen atoms in total. The first-order valence-corrected chi connectivity index (χ1v) is 4.67. The molecule has 0 saturated heterocycles. The lowest BCUT2D eigenvalue weighted by Gasteiger charge is -2.07. The zero-order valence-corrected chi connectivity index (χ0v) is 8.25. The lowest BCUT2D eigenvalue weighted by atomic mass is 10.1. The van der Waals surface area contributed by atoms with Gasteiger partial charge >= 0.3 is 6.18 Å². The third-order valence-electron chi connectivity index (χ3n) is 2.28. The molecule has 2 N–H and O–H groups in total. The van der Waals surface area contributed by atoms with Crippen LogP contribution in [-0.4, -0.2) is 4.98 Å². The van der Waals surface area contributed by atoms with Crippen LogP contribution in [0.4, 0.5) is 13.2 Å². The van der Waals surface area contributed by atoms with E-state index in [0.29, 0.717) is 17.4 Å². The molecule has 1 aromatic heterocycles. The summed E-state index contributed by atoms with van der Waals surface area (Å²) in [6.45, 7) is 0.358. The molecule has 0 aliphatic carbocycles. The van der Waals surface area contributed by atoms with Crippen molar-refractivity contribution in [2.24, 2.45) is 5.73 Å². The van der Waals surface area contributed by atoms with E-state index < -0.39 is 11.9 Å². The summed E-state index contributed by atoms with van der Waals surface area (Å²) in [7, 11) is 0. The van der Waals surface area contributed by atoms with Crippen molar-refractivity contribution in [3.63, 3.8) is 0 Å². The molecule has 0 radical (unpaired) electrons. The van der Waals surface area contributed by atoms with Crippen molar-refractivity contribution >= 4 is 10.9 Å². The molecular formula is C11H9F3N2. The second-order valence-electron chi connectivity index (χ2n) is 3.43. The van der Waals surface area contributed by atoms with Crippen molar-refractivity contribution in [1.29, 1.82) is 0 Å². The van der Waals surface area contributed by atoms with Crippen molar-refractivity contribution in [3.8, 4) is 0 Å². The quantitative estimate of drug-likeness (QED) is 0.811. The number of benzene rings is 1. The van der Waals surface area contributed by atoms with Crippen LogP contribution >= 0.6 is 0 Å². The van der Waals surface area contributed by atoms with Crippen LogP contribution in [0.3, 0.4) is 0 Å². The van der Waals surface area contributed by atoms with Crippen LogP contribution < -0.4 is 5.73 Å². The zero-order chi connectivity index (χ0) is 11.8. The Morgan fingerprint density at radius 3 is 2.50 bits per heavy atom. The molecule has 16 heavy (non-hydrogen) atoms. The van der Waals surface area contributed by atoms with E-state index in [1.54, 1.807) is 18.2 Å². The van der Waals surface area contributed by atoms with Crippen molar-refractivity contribution in [2.75, 3.05) is 0 Å². The molecule has 0 amide bonds. The largest absolute Gasteiger partial charge is 0.433 e. The molecule has 2 aromatic rings. The molecule has 0 bridgehead atoms. The summed E-state index contributed by atoms with van der Waals surface area (Å²) in [5.41, 5.74) is 5.76. The number of fused-ring (bicyclic) bond motifs is 1. The number of halogens is 3. The van der Waals surface area contributed by atoms with Crippen molar-refractivity contribution < 1.29 is 13.2 Å². The van der Waals surface area contributed by atoms with Crippen molar-refractivity contribution in [3.05, 3.63) is 41.6 Å². The van der Waals surface area contributed by atoms with Gasteiger partial charge in [-0.25, -0.2) is 4.98 Å². The lowest BCUT2D eigenvalue weighted by molar-refractivity contribution is -0.140. The van der Waals surface area contributed by atoms with Gasteiger partial charge in [-0.3, -0.25) is 0 Å². The van der Waals surface area contributed by atoms with Crippen LogP contribution in [0.2, 0.25) is 0 Å². The molecule has 84 valence electrons. The number of rotatable bonds is 1. The minimum atomic E-state index is -4.40. The van der Waals surface area contributed by atoms with Crippen LogP contribution in [0.1, 0.15) is 11.3 Å². The summed E-state index contributed by atoms with van der Waals surface area (Å²) in [6.07, 6.45) is -4.40. The molecule has 0 unspecified atom stereocenters. The van der Waals surface area contributed by atoms with Gasteiger partial charge in [0, 0.05) is 11.9 Å². The Hall–Kier alpha value is -1.62. The average Bonchev–Trinajstić information content (AvgIpc) is 2.26. The van der Waals surface area contributed by atoms with Gasteiger partial charge in [0.2, 0.25) is 0 Å². The Morgan fingerprint density at radius 1 is 1.12 bits per heavy atom. The summed E-state index contributed by atoms with van der Waals surface area (Å²) < 4.78 is 37.1. The van der Waals surface area contributed by atoms with E-state index in [1.807, 2.05) is 0 Å². The monoisotopic (exact) mass is 226 g/mol. The lowest BCUT2D eigenvalue weighted by Crippen LogP contribution is -2.07. The average molecular weight is 226 g/mol. The maximum Gasteiger partial charge on any atom is 0.433 e. The molecule has 0 fully saturated rings. The number of hydrogen-bond donors (Lipinski definition) is 1. The first-order chi connectivity index (χ1) is 7.50. The minimum Gasteiger partial charge on any atom is -0.326 e. The molecule has 0 atom stereocenters. The highest BCUT2D eigenvalue weighted by molar-refractivity contribution is 5.79. The van der Waals surface area contributed by atoms with Gasteiger partial charge < -0.3 is 5.73 Å². The SMILES string of the molecule is NCc1ccc2nc(C(F)(F)F)ccc2c1. The Balaban J connectivity index is 2.56. The van der Waals surface area contributed by atoms with Crippen LogP contribution in [0.25, 0.3) is 10.9 Å². The fraction of sp³-hybridized carbons (Fsp3) is 0.182. The topological polar surface area (TPSA) is 38.9 Å². The van der Waals surface area contributed by atoms with Crippen molar-refractivity contribution in [2.45, 2.75) is 12.7 Å². The fourth-order valence-electron chi connectivity index (χ4n) is 1.46. The summed E-state index contributed by atoms with van der Waals surface area (Å²) in [5, 5.41) is 0.663. The van der Waals surface area contributed by atoms with Gasteiger partial charge in [0.1, 0.15) is 5.69 Å². The number of pyridine rings is 1. The number of alkyl halides is 3. The predicted molar refractivity (Wildman–Crippen MR) is 54.6 cm³/mol. The van der Waals surface area contributed by atoms with E-state index in [4.69, 9.17) is 5.73 Å². The number of nitrogens with two attached hydrogens (primary N) is 1. The van der Waals surface area contributed by atoms with E-state index in [2.05, 4.69) is 4.98 Å². The fourth-order valence-corrected chi connectivity index (χ4v) is 1.46. The van der Waals surface area contributed by atoms with Crippen LogP contribution in [0, 0.1) is 0 Å². The molecule has 1 aromatic carbocycles. The minimum absolute atomic E-state index is 0.326. The molecular weight excluding hydrogens is 217 g/mol. The van der Waals surface area contributed by atoms with Gasteiger partial charge in [-0.15, -0.1) is 0 Å². The summed E-state index contributed by atoms with van der Waals surface area (Å²) in [4.78, 5) is 3.56. The van der Waals surface area contributed by atoms with Gasteiger partial charge in [-0.05, 0) is 23.8 Å². The van der Waals surface area contributed by atoms with Crippen LogP contribution in [-0.2, 0) is 12.7 Å². The van der Waals surface area contributed by atoms with Gasteiger partial charge in [0.15, 0.2) is 0 Å². The van der Waals surface area contributed by atoms with E-state index >= 15 is 0 Å². The summed E-state index contributed by atoms with van der Waals surface area (Å²) in [5.74, 6) is 0. The van der Waals surface area contributed by atoms with Crippen LogP contribution in [0.15, 0.2) is 30.3 Å². The van der Waals surface area contributed by atoms with Gasteiger partial charge in [0.25, 0.3) is 0 Å². The van der Waals surface area contributed by atoms with E-state index in [9.17, 15) is 13.2 Å². The number of nitrogens with zero attached hydrogens (tertiary/aromatic N) is 1. The van der Waals surface area contributed by atoms with E-state index in [1.165, 1.54) is 6.07 Å². The highest BCUT2D eigenvalue weighted by Crippen LogP contribution is 2.29. The highest BCUT2D eigenvalue weighted by Gasteiger charge is 2.32.